The first-order chi connectivity index (χ1) is 19.2. The van der Waals surface area contributed by atoms with Crippen molar-refractivity contribution in [1.29, 1.82) is 0 Å². The second kappa shape index (κ2) is 11.5. The predicted molar refractivity (Wildman–Crippen MR) is 155 cm³/mol. The number of piperazine rings is 1. The summed E-state index contributed by atoms with van der Waals surface area (Å²) < 4.78 is 7.43. The molecule has 0 aliphatic carbocycles. The van der Waals surface area contributed by atoms with E-state index < -0.39 is 11.6 Å². The van der Waals surface area contributed by atoms with Crippen molar-refractivity contribution in [1.82, 2.24) is 24.9 Å². The minimum atomic E-state index is -0.859. The molecule has 1 atom stereocenters. The number of benzene rings is 2. The molecule has 0 radical (unpaired) electrons. The number of hydrogen-bond donors (Lipinski definition) is 1. The number of aryl methyl sites for hydroxylation is 1. The molecule has 0 saturated carbocycles. The van der Waals surface area contributed by atoms with Gasteiger partial charge in [-0.3, -0.25) is 14.5 Å². The summed E-state index contributed by atoms with van der Waals surface area (Å²) in [6, 6.07) is 17.5. The molecule has 0 bridgehead atoms. The monoisotopic (exact) mass is 543 g/mol. The number of carbonyl (C=O) groups is 2. The maximum Gasteiger partial charge on any atom is 0.246 e. The topological polar surface area (TPSA) is 79.7 Å². The highest BCUT2D eigenvalue weighted by Crippen LogP contribution is 2.36. The average Bonchev–Trinajstić information content (AvgIpc) is 3.23. The van der Waals surface area contributed by atoms with Gasteiger partial charge in [0.25, 0.3) is 0 Å². The van der Waals surface area contributed by atoms with E-state index in [9.17, 15) is 9.59 Å². The number of nitrogens with zero attached hydrogens (tertiary/aromatic N) is 4. The van der Waals surface area contributed by atoms with Gasteiger partial charge in [-0.15, -0.1) is 0 Å². The van der Waals surface area contributed by atoms with Crippen LogP contribution in [-0.4, -0.2) is 63.2 Å². The van der Waals surface area contributed by atoms with Crippen molar-refractivity contribution in [2.24, 2.45) is 5.92 Å². The Morgan fingerprint density at radius 1 is 1.02 bits per heavy atom. The van der Waals surface area contributed by atoms with E-state index >= 15 is 0 Å². The number of methoxy groups -OCH3 is 1. The largest absolute Gasteiger partial charge is 0.497 e. The summed E-state index contributed by atoms with van der Waals surface area (Å²) in [5.41, 5.74) is 4.52. The van der Waals surface area contributed by atoms with Crippen molar-refractivity contribution >= 4 is 11.8 Å². The maximum absolute atomic E-state index is 13.9. The third-order valence-corrected chi connectivity index (χ3v) is 8.50. The minimum absolute atomic E-state index is 0.0143. The first kappa shape index (κ1) is 27.9. The predicted octanol–water partition coefficient (Wildman–Crippen LogP) is 4.41. The number of para-hydroxylation sites is 1. The van der Waals surface area contributed by atoms with E-state index in [1.807, 2.05) is 52.0 Å². The van der Waals surface area contributed by atoms with Crippen molar-refractivity contribution in [3.8, 4) is 11.4 Å². The molecular weight excluding hydrogens is 502 g/mol. The van der Waals surface area contributed by atoms with E-state index in [0.29, 0.717) is 31.7 Å². The molecule has 1 N–H and O–H groups in total. The molecule has 1 spiro atoms. The van der Waals surface area contributed by atoms with Crippen LogP contribution in [0, 0.1) is 19.8 Å². The number of likely N-dealkylation sites (tertiary alicyclic amines) is 1. The second-order valence-electron chi connectivity index (χ2n) is 11.6. The number of carbonyl (C=O) groups excluding carboxylic acids is 2. The Morgan fingerprint density at radius 3 is 2.42 bits per heavy atom. The number of hydrogen-bond acceptors (Lipinski definition) is 5. The molecular formula is C32H41N5O3. The number of aromatic nitrogens is 2. The van der Waals surface area contributed by atoms with Crippen LogP contribution < -0.4 is 10.1 Å². The quantitative estimate of drug-likeness (QED) is 0.456. The fourth-order valence-electron chi connectivity index (χ4n) is 6.22. The zero-order chi connectivity index (χ0) is 28.4. The van der Waals surface area contributed by atoms with Crippen LogP contribution in [0.15, 0.2) is 54.6 Å². The van der Waals surface area contributed by atoms with Crippen LogP contribution in [-0.2, 0) is 22.7 Å². The molecule has 2 fully saturated rings. The number of rotatable bonds is 8. The van der Waals surface area contributed by atoms with Gasteiger partial charge in [-0.1, -0.05) is 44.2 Å². The highest BCUT2D eigenvalue weighted by atomic mass is 16.5. The van der Waals surface area contributed by atoms with Gasteiger partial charge in [-0.25, -0.2) is 4.68 Å². The lowest BCUT2D eigenvalue weighted by atomic mass is 9.80. The van der Waals surface area contributed by atoms with Crippen molar-refractivity contribution in [3.63, 3.8) is 0 Å². The molecule has 212 valence electrons. The van der Waals surface area contributed by atoms with E-state index in [1.165, 1.54) is 5.56 Å². The normalized spacial score (nSPS) is 19.4. The molecule has 40 heavy (non-hydrogen) atoms. The molecule has 8 nitrogen and oxygen atoms in total. The molecule has 2 amide bonds. The Balaban J connectivity index is 1.37. The number of amides is 2. The van der Waals surface area contributed by atoms with Crippen molar-refractivity contribution in [2.75, 3.05) is 20.2 Å². The summed E-state index contributed by atoms with van der Waals surface area (Å²) in [6.45, 7) is 10.9. The number of nitrogens with one attached hydrogen (secondary N) is 1. The van der Waals surface area contributed by atoms with Gasteiger partial charge in [0, 0.05) is 37.4 Å². The van der Waals surface area contributed by atoms with Gasteiger partial charge >= 0.3 is 0 Å². The molecule has 2 aromatic carbocycles. The minimum Gasteiger partial charge on any atom is -0.497 e. The van der Waals surface area contributed by atoms with Gasteiger partial charge in [0.1, 0.15) is 17.3 Å². The molecule has 1 unspecified atom stereocenters. The molecule has 2 aliphatic rings. The third-order valence-electron chi connectivity index (χ3n) is 8.50. The van der Waals surface area contributed by atoms with Gasteiger partial charge in [-0.2, -0.15) is 5.10 Å². The van der Waals surface area contributed by atoms with Gasteiger partial charge in [0.2, 0.25) is 11.8 Å². The summed E-state index contributed by atoms with van der Waals surface area (Å²) in [5, 5.41) is 7.93. The van der Waals surface area contributed by atoms with Crippen molar-refractivity contribution in [3.05, 3.63) is 77.1 Å². The highest BCUT2D eigenvalue weighted by Gasteiger charge is 2.53. The van der Waals surface area contributed by atoms with Gasteiger partial charge in [0.05, 0.1) is 18.5 Å². The number of piperidine rings is 1. The lowest BCUT2D eigenvalue weighted by Crippen LogP contribution is -2.72. The fourth-order valence-corrected chi connectivity index (χ4v) is 6.22. The summed E-state index contributed by atoms with van der Waals surface area (Å²) in [5.74, 6) is 1.04. The second-order valence-corrected chi connectivity index (χ2v) is 11.6. The summed E-state index contributed by atoms with van der Waals surface area (Å²) in [4.78, 5) is 32.0. The Morgan fingerprint density at radius 2 is 1.75 bits per heavy atom. The Labute approximate surface area is 237 Å². The molecule has 8 heteroatoms. The van der Waals surface area contributed by atoms with Crippen LogP contribution in [0.3, 0.4) is 0 Å². The van der Waals surface area contributed by atoms with Crippen LogP contribution in [0.2, 0.25) is 0 Å². The van der Waals surface area contributed by atoms with E-state index in [0.717, 1.165) is 48.0 Å². The lowest BCUT2D eigenvalue weighted by molar-refractivity contribution is -0.162. The molecule has 5 rings (SSSR count). The van der Waals surface area contributed by atoms with Crippen LogP contribution in [0.4, 0.5) is 0 Å². The van der Waals surface area contributed by atoms with E-state index in [4.69, 9.17) is 9.84 Å². The summed E-state index contributed by atoms with van der Waals surface area (Å²) in [7, 11) is 1.64. The third kappa shape index (κ3) is 5.37. The molecule has 1 aromatic heterocycles. The van der Waals surface area contributed by atoms with Crippen LogP contribution >= 0.6 is 0 Å². The lowest BCUT2D eigenvalue weighted by Gasteiger charge is -2.52. The average molecular weight is 544 g/mol. The SMILES string of the molecule is COc1cccc(CN2C(=O)C(CC(C)C)NC(=O)C23CCN(Cc2c(C)nn(-c4ccccc4)c2C)CC3)c1. The van der Waals surface area contributed by atoms with Crippen LogP contribution in [0.5, 0.6) is 5.75 Å². The Bertz CT molecular complexity index is 1360. The Hall–Kier alpha value is -3.65. The maximum atomic E-state index is 13.9. The standard InChI is InChI=1S/C32H41N5O3/c1-22(2)18-29-30(38)36(20-25-10-9-13-27(19-25)40-5)32(31(39)33-29)14-16-35(17-15-32)21-28-23(3)34-37(24(28)4)26-11-7-6-8-12-26/h6-13,19,22,29H,14-18,20-21H2,1-5H3,(H,33,39). The van der Waals surface area contributed by atoms with Gasteiger partial charge in [0.15, 0.2) is 0 Å². The van der Waals surface area contributed by atoms with Gasteiger partial charge < -0.3 is 15.0 Å². The Kier molecular flexibility index (Phi) is 7.99. The first-order valence-electron chi connectivity index (χ1n) is 14.3. The first-order valence-corrected chi connectivity index (χ1v) is 14.3. The van der Waals surface area contributed by atoms with E-state index in [-0.39, 0.29) is 11.8 Å². The zero-order valence-electron chi connectivity index (χ0n) is 24.3. The highest BCUT2D eigenvalue weighted by molar-refractivity contribution is 6.00. The molecule has 3 heterocycles. The van der Waals surface area contributed by atoms with Crippen molar-refractivity contribution < 1.29 is 14.3 Å². The van der Waals surface area contributed by atoms with E-state index in [2.05, 4.69) is 50.0 Å². The molecule has 2 saturated heterocycles. The van der Waals surface area contributed by atoms with Crippen molar-refractivity contribution in [2.45, 2.75) is 71.6 Å². The van der Waals surface area contributed by atoms with Gasteiger partial charge in [-0.05, 0) is 68.9 Å². The van der Waals surface area contributed by atoms with E-state index in [1.54, 1.807) is 7.11 Å². The van der Waals surface area contributed by atoms with Crippen LogP contribution in [0.1, 0.15) is 55.6 Å². The smallest absolute Gasteiger partial charge is 0.246 e. The fraction of sp³-hybridized carbons (Fsp3) is 0.469. The molecule has 2 aliphatic heterocycles. The zero-order valence-corrected chi connectivity index (χ0v) is 24.3. The van der Waals surface area contributed by atoms with Crippen LogP contribution in [0.25, 0.3) is 5.69 Å². The summed E-state index contributed by atoms with van der Waals surface area (Å²) in [6.07, 6.45) is 1.81. The molecule has 3 aromatic rings. The summed E-state index contributed by atoms with van der Waals surface area (Å²) >= 11 is 0. The number of ether oxygens (including phenoxy) is 1.